The van der Waals surface area contributed by atoms with Gasteiger partial charge in [0.1, 0.15) is 5.75 Å². The third kappa shape index (κ3) is 4.99. The van der Waals surface area contributed by atoms with E-state index in [9.17, 15) is 4.79 Å². The minimum Gasteiger partial charge on any atom is -0.494 e. The fraction of sp³-hybridized carbons (Fsp3) is 0.179. The summed E-state index contributed by atoms with van der Waals surface area (Å²) in [7, 11) is 3.76. The van der Waals surface area contributed by atoms with E-state index in [4.69, 9.17) is 9.72 Å². The van der Waals surface area contributed by atoms with Gasteiger partial charge in [-0.15, -0.1) is 0 Å². The quantitative estimate of drug-likeness (QED) is 0.309. The highest BCUT2D eigenvalue weighted by atomic mass is 16.5. The molecule has 0 spiro atoms. The largest absolute Gasteiger partial charge is 0.494 e. The van der Waals surface area contributed by atoms with Gasteiger partial charge in [-0.1, -0.05) is 36.9 Å². The molecule has 1 aromatic heterocycles. The number of likely N-dealkylation sites (N-methyl/N-ethyl adjacent to an activating group) is 1. The van der Waals surface area contributed by atoms with Crippen molar-refractivity contribution in [3.8, 4) is 16.9 Å². The molecular formula is C28H28N6O2. The molecule has 0 aliphatic carbocycles. The fourth-order valence-corrected chi connectivity index (χ4v) is 4.34. The van der Waals surface area contributed by atoms with Crippen LogP contribution in [0.4, 0.5) is 23.0 Å². The van der Waals surface area contributed by atoms with Gasteiger partial charge in [0.25, 0.3) is 0 Å². The summed E-state index contributed by atoms with van der Waals surface area (Å²) in [5, 5.41) is 10.6. The van der Waals surface area contributed by atoms with E-state index in [2.05, 4.69) is 39.5 Å². The average Bonchev–Trinajstić information content (AvgIpc) is 2.88. The predicted molar refractivity (Wildman–Crippen MR) is 145 cm³/mol. The van der Waals surface area contributed by atoms with Crippen molar-refractivity contribution in [1.82, 2.24) is 14.9 Å². The Kier molecular flexibility index (Phi) is 6.51. The maximum Gasteiger partial charge on any atom is 0.247 e. The molecule has 182 valence electrons. The highest BCUT2D eigenvalue weighted by molar-refractivity contribution is 6.00. The number of carbonyl (C=O) groups is 1. The molecule has 0 radical (unpaired) electrons. The van der Waals surface area contributed by atoms with Crippen LogP contribution >= 0.6 is 0 Å². The van der Waals surface area contributed by atoms with Gasteiger partial charge in [-0.25, -0.2) is 9.97 Å². The normalized spacial score (nSPS) is 13.6. The second kappa shape index (κ2) is 10.1. The van der Waals surface area contributed by atoms with Gasteiger partial charge < -0.3 is 25.6 Å². The number of nitrogens with zero attached hydrogens (tertiary/aromatic N) is 3. The first-order valence-electron chi connectivity index (χ1n) is 11.7. The van der Waals surface area contributed by atoms with Crippen LogP contribution in [0.3, 0.4) is 0 Å². The summed E-state index contributed by atoms with van der Waals surface area (Å²) in [5.74, 6) is 0.912. The Morgan fingerprint density at radius 2 is 1.94 bits per heavy atom. The first kappa shape index (κ1) is 23.3. The van der Waals surface area contributed by atoms with Crippen molar-refractivity contribution in [3.63, 3.8) is 0 Å². The molecule has 36 heavy (non-hydrogen) atoms. The Bertz CT molecular complexity index is 1430. The number of para-hydroxylation sites is 1. The van der Waals surface area contributed by atoms with Gasteiger partial charge in [-0.3, -0.25) is 4.79 Å². The molecule has 1 aliphatic heterocycles. The Hall–Kier alpha value is -4.43. The summed E-state index contributed by atoms with van der Waals surface area (Å²) in [6, 6.07) is 20.0. The highest BCUT2D eigenvalue weighted by Gasteiger charge is 2.23. The maximum atomic E-state index is 11.7. The number of hydrogen-bond donors (Lipinski definition) is 3. The molecule has 0 atom stereocenters. The summed E-state index contributed by atoms with van der Waals surface area (Å²) in [6.07, 6.45) is 3.05. The van der Waals surface area contributed by atoms with Crippen LogP contribution in [0.15, 0.2) is 79.5 Å². The van der Waals surface area contributed by atoms with Gasteiger partial charge in [0.15, 0.2) is 0 Å². The molecule has 1 aliphatic rings. The van der Waals surface area contributed by atoms with Crippen LogP contribution in [0.2, 0.25) is 0 Å². The zero-order valence-corrected chi connectivity index (χ0v) is 20.3. The number of fused-ring (bicyclic) bond motifs is 1. The SMILES string of the molecule is C=CC(=O)Nc1cccc(-c2cccc3cnc(Nc4ccc(NC5CN(C)C5)cc4OC)nc23)c1. The minimum absolute atomic E-state index is 0.255. The van der Waals surface area contributed by atoms with Crippen LogP contribution < -0.4 is 20.7 Å². The van der Waals surface area contributed by atoms with Gasteiger partial charge in [-0.05, 0) is 43.0 Å². The molecular weight excluding hydrogens is 452 g/mol. The molecule has 1 fully saturated rings. The van der Waals surface area contributed by atoms with Crippen LogP contribution in [-0.2, 0) is 4.79 Å². The van der Waals surface area contributed by atoms with E-state index in [1.807, 2.05) is 60.7 Å². The molecule has 8 nitrogen and oxygen atoms in total. The second-order valence-corrected chi connectivity index (χ2v) is 8.81. The van der Waals surface area contributed by atoms with Crippen molar-refractivity contribution >= 4 is 39.8 Å². The van der Waals surface area contributed by atoms with E-state index in [1.54, 1.807) is 13.3 Å². The van der Waals surface area contributed by atoms with Crippen LogP contribution in [0.1, 0.15) is 0 Å². The van der Waals surface area contributed by atoms with Crippen molar-refractivity contribution in [1.29, 1.82) is 0 Å². The molecule has 8 heteroatoms. The molecule has 1 saturated heterocycles. The van der Waals surface area contributed by atoms with Crippen LogP contribution in [-0.4, -0.2) is 54.1 Å². The van der Waals surface area contributed by atoms with Gasteiger partial charge in [0.2, 0.25) is 11.9 Å². The van der Waals surface area contributed by atoms with E-state index < -0.39 is 0 Å². The lowest BCUT2D eigenvalue weighted by Crippen LogP contribution is -2.52. The topological polar surface area (TPSA) is 91.4 Å². The first-order valence-corrected chi connectivity index (χ1v) is 11.7. The number of methoxy groups -OCH3 is 1. The first-order chi connectivity index (χ1) is 17.5. The number of anilines is 4. The van der Waals surface area contributed by atoms with Crippen LogP contribution in [0.25, 0.3) is 22.0 Å². The molecule has 1 amide bonds. The number of hydrogen-bond acceptors (Lipinski definition) is 7. The third-order valence-electron chi connectivity index (χ3n) is 6.12. The lowest BCUT2D eigenvalue weighted by Gasteiger charge is -2.37. The second-order valence-electron chi connectivity index (χ2n) is 8.81. The monoisotopic (exact) mass is 480 g/mol. The van der Waals surface area contributed by atoms with Crippen molar-refractivity contribution in [3.05, 3.63) is 79.5 Å². The Labute approximate surface area is 210 Å². The van der Waals surface area contributed by atoms with E-state index in [0.29, 0.717) is 23.4 Å². The van der Waals surface area contributed by atoms with E-state index in [1.165, 1.54) is 6.08 Å². The lowest BCUT2D eigenvalue weighted by molar-refractivity contribution is -0.111. The summed E-state index contributed by atoms with van der Waals surface area (Å²) >= 11 is 0. The summed E-state index contributed by atoms with van der Waals surface area (Å²) < 4.78 is 5.64. The molecule has 0 bridgehead atoms. The number of ether oxygens (including phenoxy) is 1. The predicted octanol–water partition coefficient (Wildman–Crippen LogP) is 4.90. The van der Waals surface area contributed by atoms with E-state index in [-0.39, 0.29) is 5.91 Å². The molecule has 2 heterocycles. The number of aromatic nitrogens is 2. The molecule has 4 aromatic rings. The lowest BCUT2D eigenvalue weighted by atomic mass is 10.0. The van der Waals surface area contributed by atoms with Gasteiger partial charge in [0.05, 0.1) is 24.4 Å². The zero-order chi connectivity index (χ0) is 25.1. The van der Waals surface area contributed by atoms with Gasteiger partial charge >= 0.3 is 0 Å². The van der Waals surface area contributed by atoms with Crippen LogP contribution in [0.5, 0.6) is 5.75 Å². The van der Waals surface area contributed by atoms with E-state index >= 15 is 0 Å². The van der Waals surface area contributed by atoms with Crippen molar-refractivity contribution in [2.45, 2.75) is 6.04 Å². The van der Waals surface area contributed by atoms with Gasteiger partial charge in [0, 0.05) is 47.7 Å². The number of likely N-dealkylation sites (tertiary alicyclic amines) is 1. The van der Waals surface area contributed by atoms with Gasteiger partial charge in [-0.2, -0.15) is 0 Å². The molecule has 3 aromatic carbocycles. The smallest absolute Gasteiger partial charge is 0.247 e. The minimum atomic E-state index is -0.255. The Balaban J connectivity index is 1.43. The van der Waals surface area contributed by atoms with Crippen molar-refractivity contribution < 1.29 is 9.53 Å². The number of nitrogens with one attached hydrogen (secondary N) is 3. The third-order valence-corrected chi connectivity index (χ3v) is 6.12. The number of rotatable bonds is 8. The van der Waals surface area contributed by atoms with Crippen molar-refractivity contribution in [2.75, 3.05) is 43.2 Å². The van der Waals surface area contributed by atoms with Crippen LogP contribution in [0, 0.1) is 0 Å². The zero-order valence-electron chi connectivity index (χ0n) is 20.3. The summed E-state index contributed by atoms with van der Waals surface area (Å²) in [4.78, 5) is 23.4. The summed E-state index contributed by atoms with van der Waals surface area (Å²) in [5.41, 5.74) is 5.15. The number of amides is 1. The average molecular weight is 481 g/mol. The standard InChI is InChI=1S/C28H28N6O2/c1-4-26(35)31-20-9-5-7-18(13-20)23-10-6-8-19-15-29-28(33-27(19)23)32-24-12-11-21(14-25(24)36-3)30-22-16-34(2)17-22/h4-15,22,30H,1,16-17H2,2-3H3,(H,31,35)(H,29,32,33). The molecule has 0 saturated carbocycles. The molecule has 5 rings (SSSR count). The summed E-state index contributed by atoms with van der Waals surface area (Å²) in [6.45, 7) is 5.56. The molecule has 3 N–H and O–H groups in total. The fourth-order valence-electron chi connectivity index (χ4n) is 4.34. The maximum absolute atomic E-state index is 11.7. The highest BCUT2D eigenvalue weighted by Crippen LogP contribution is 2.33. The Morgan fingerprint density at radius 1 is 1.11 bits per heavy atom. The van der Waals surface area contributed by atoms with E-state index in [0.717, 1.165) is 46.5 Å². The Morgan fingerprint density at radius 3 is 2.72 bits per heavy atom. The van der Waals surface area contributed by atoms with Crippen molar-refractivity contribution in [2.24, 2.45) is 0 Å². The number of benzene rings is 3. The number of carbonyl (C=O) groups excluding carboxylic acids is 1. The molecule has 0 unspecified atom stereocenters.